The highest BCUT2D eigenvalue weighted by Gasteiger charge is 2.42. The van der Waals surface area contributed by atoms with Gasteiger partial charge in [-0.05, 0) is 136 Å². The number of aliphatic hydroxyl groups is 2. The molecule has 6 N–H and O–H groups in total. The lowest BCUT2D eigenvalue weighted by molar-refractivity contribution is -0.125. The number of nitrogens with two attached hydrogens (primary N) is 1. The molecule has 2 saturated heterocycles. The Bertz CT molecular complexity index is 2970. The van der Waals surface area contributed by atoms with Crippen LogP contribution in [-0.4, -0.2) is 119 Å². The average Bonchev–Trinajstić information content (AvgIpc) is 3.91. The fourth-order valence-electron chi connectivity index (χ4n) is 12.4. The van der Waals surface area contributed by atoms with Crippen LogP contribution in [0.2, 0.25) is 0 Å². The van der Waals surface area contributed by atoms with Crippen molar-refractivity contribution in [2.75, 3.05) is 63.9 Å². The number of piperidine rings is 1. The number of nitrogens with one attached hydrogen (secondary N) is 2. The predicted octanol–water partition coefficient (Wildman–Crippen LogP) is 5.12. The third kappa shape index (κ3) is 10.8. The number of aryl methyl sites for hydroxylation is 1. The number of ether oxygens (including phenoxy) is 2. The lowest BCUT2D eigenvalue weighted by Crippen LogP contribution is -2.55. The second kappa shape index (κ2) is 22.3. The third-order valence-corrected chi connectivity index (χ3v) is 16.5. The van der Waals surface area contributed by atoms with Crippen LogP contribution in [0.1, 0.15) is 91.3 Å². The van der Waals surface area contributed by atoms with E-state index in [4.69, 9.17) is 15.2 Å². The molecule has 3 aromatic carbocycles. The Labute approximate surface area is 431 Å². The molecule has 16 heteroatoms. The van der Waals surface area contributed by atoms with E-state index in [1.165, 1.54) is 49.5 Å². The zero-order valence-electron chi connectivity index (χ0n) is 42.8. The van der Waals surface area contributed by atoms with E-state index in [0.29, 0.717) is 54.3 Å². The lowest BCUT2D eigenvalue weighted by Gasteiger charge is -2.38. The van der Waals surface area contributed by atoms with Crippen LogP contribution >= 0.6 is 0 Å². The molecule has 74 heavy (non-hydrogen) atoms. The molecule has 5 atom stereocenters. The third-order valence-electron chi connectivity index (χ3n) is 16.5. The minimum Gasteiger partial charge on any atom is -0.488 e. The molecule has 14 nitrogen and oxygen atoms in total. The number of allylic oxidation sites excluding steroid dienone is 1. The number of aromatic nitrogens is 2. The summed E-state index contributed by atoms with van der Waals surface area (Å²) in [5.74, 6) is 0.0901. The molecule has 0 bridgehead atoms. The number of aliphatic hydroxyl groups excluding tert-OH is 2. The first-order chi connectivity index (χ1) is 35.8. The van der Waals surface area contributed by atoms with E-state index < -0.39 is 30.0 Å². The van der Waals surface area contributed by atoms with Crippen LogP contribution < -0.4 is 41.3 Å². The van der Waals surface area contributed by atoms with Crippen molar-refractivity contribution < 1.29 is 38.1 Å². The molecule has 0 spiro atoms. The number of likely N-dealkylation sites (tertiary alicyclic amines) is 1. The molecule has 5 unspecified atom stereocenters. The topological polar surface area (TPSA) is 171 Å². The van der Waals surface area contributed by atoms with Gasteiger partial charge in [0.2, 0.25) is 18.2 Å². The smallest absolute Gasteiger partial charge is 0.249 e. The molecule has 4 aliphatic heterocycles. The highest BCUT2D eigenvalue weighted by molar-refractivity contribution is 6.01. The van der Waals surface area contributed by atoms with Gasteiger partial charge in [-0.3, -0.25) is 14.3 Å². The predicted molar refractivity (Wildman–Crippen MR) is 279 cm³/mol. The van der Waals surface area contributed by atoms with Gasteiger partial charge in [0.25, 0.3) is 0 Å². The number of hydrogen-bond donors (Lipinski definition) is 5. The van der Waals surface area contributed by atoms with E-state index in [1.807, 2.05) is 36.9 Å². The molecule has 1 aromatic heterocycles. The SMILES string of the molecule is Cc1c(F)cc2c(c1-c1c(C(N)=O)ccc(OCCO)c1F)C(C)C(C(Cc1ccccc1)NCC1C=CN(CC3CCC(CN4CCC(C5=C=C=c6c(N7CCC(=O)NC7O)nn(C)c6=C5)CC4)CC3)CC1)O2. The van der Waals surface area contributed by atoms with Gasteiger partial charge in [-0.1, -0.05) is 54.8 Å². The van der Waals surface area contributed by atoms with Crippen molar-refractivity contribution in [3.63, 3.8) is 0 Å². The molecule has 2 aliphatic carbocycles. The van der Waals surface area contributed by atoms with Crippen LogP contribution in [-0.2, 0) is 18.3 Å². The summed E-state index contributed by atoms with van der Waals surface area (Å²) in [6, 6.07) is 14.1. The van der Waals surface area contributed by atoms with Crippen molar-refractivity contribution in [1.29, 1.82) is 0 Å². The second-order valence-corrected chi connectivity index (χ2v) is 21.4. The first-order valence-electron chi connectivity index (χ1n) is 26.7. The molecule has 1 saturated carbocycles. The van der Waals surface area contributed by atoms with E-state index >= 15 is 8.78 Å². The fourth-order valence-corrected chi connectivity index (χ4v) is 12.4. The van der Waals surface area contributed by atoms with Crippen LogP contribution in [0.4, 0.5) is 14.6 Å². The maximum atomic E-state index is 16.5. The van der Waals surface area contributed by atoms with Crippen molar-refractivity contribution in [3.8, 4) is 22.6 Å². The van der Waals surface area contributed by atoms with Crippen molar-refractivity contribution in [2.45, 2.75) is 96.1 Å². The zero-order chi connectivity index (χ0) is 51.6. The maximum absolute atomic E-state index is 16.5. The highest BCUT2D eigenvalue weighted by atomic mass is 19.1. The summed E-state index contributed by atoms with van der Waals surface area (Å²) in [6.45, 7) is 9.59. The van der Waals surface area contributed by atoms with E-state index in [2.05, 4.69) is 67.5 Å². The maximum Gasteiger partial charge on any atom is 0.249 e. The first-order valence-corrected chi connectivity index (χ1v) is 26.7. The van der Waals surface area contributed by atoms with Gasteiger partial charge in [-0.2, -0.15) is 5.10 Å². The molecule has 5 heterocycles. The molecule has 2 amide bonds. The number of fused-ring (bicyclic) bond motifs is 2. The van der Waals surface area contributed by atoms with Gasteiger partial charge >= 0.3 is 0 Å². The molecule has 0 radical (unpaired) electrons. The Hall–Kier alpha value is -6.25. The van der Waals surface area contributed by atoms with Crippen LogP contribution in [0, 0.1) is 42.2 Å². The van der Waals surface area contributed by atoms with E-state index in [9.17, 15) is 19.8 Å². The Morgan fingerprint density at radius 2 is 1.76 bits per heavy atom. The largest absolute Gasteiger partial charge is 0.488 e. The minimum atomic E-state index is -1.11. The summed E-state index contributed by atoms with van der Waals surface area (Å²) < 4.78 is 46.3. The summed E-state index contributed by atoms with van der Waals surface area (Å²) >= 11 is 0. The number of halogens is 2. The molecule has 3 fully saturated rings. The normalized spacial score (nSPS) is 24.3. The lowest BCUT2D eigenvalue weighted by atomic mass is 9.80. The number of carbonyl (C=O) groups excluding carboxylic acids is 2. The van der Waals surface area contributed by atoms with Crippen molar-refractivity contribution in [3.05, 3.63) is 117 Å². The molecule has 10 rings (SSSR count). The number of hydrogen-bond acceptors (Lipinski definition) is 11. The van der Waals surface area contributed by atoms with Crippen molar-refractivity contribution >= 4 is 29.4 Å². The Balaban J connectivity index is 0.724. The Kier molecular flexibility index (Phi) is 15.4. The number of benzene rings is 3. The molecule has 392 valence electrons. The Morgan fingerprint density at radius 3 is 2.46 bits per heavy atom. The summed E-state index contributed by atoms with van der Waals surface area (Å²) in [4.78, 5) is 31.4. The van der Waals surface area contributed by atoms with Gasteiger partial charge < -0.3 is 50.8 Å². The Morgan fingerprint density at radius 1 is 1.00 bits per heavy atom. The quantitative estimate of drug-likeness (QED) is 0.0891. The number of amides is 2. The fraction of sp³-hybridized carbons (Fsp3) is 0.500. The van der Waals surface area contributed by atoms with Gasteiger partial charge in [-0.25, -0.2) is 8.78 Å². The number of primary amides is 1. The van der Waals surface area contributed by atoms with Gasteiger partial charge in [0, 0.05) is 80.9 Å². The van der Waals surface area contributed by atoms with E-state index in [0.717, 1.165) is 80.6 Å². The summed E-state index contributed by atoms with van der Waals surface area (Å²) in [5, 5.41) is 32.8. The highest BCUT2D eigenvalue weighted by Crippen LogP contribution is 2.50. The number of rotatable bonds is 17. The zero-order valence-corrected chi connectivity index (χ0v) is 42.8. The van der Waals surface area contributed by atoms with Crippen LogP contribution in [0.3, 0.4) is 0 Å². The average molecular weight is 1010 g/mol. The van der Waals surface area contributed by atoms with Crippen LogP contribution in [0.5, 0.6) is 11.5 Å². The van der Waals surface area contributed by atoms with Crippen LogP contribution in [0.25, 0.3) is 22.9 Å². The second-order valence-electron chi connectivity index (χ2n) is 21.4. The standard InChI is InChI=1S/C58H70F2N8O6/c1-35-45(59)31-49-51(52(35)53-44(56(61)71)15-16-48(54(53)60)73-28-27-69)36(2)55(74-49)46(29-37-7-5-4-6-8-37)62-32-38-17-22-66(23-18-38)33-39-9-11-40(12-10-39)34-67-24-19-41(20-25-67)42-13-14-43-47(30-42)65(3)64-57(43)68-26-21-50(70)63-58(68)72/h4-8,15-17,22,30-31,36,38-41,46,55,58,62,69,72H,9-12,18-21,23-29,32-34H2,1-3H3,(H2,61,71)(H,63,70). The number of carbonyl (C=O) groups is 2. The van der Waals surface area contributed by atoms with Gasteiger partial charge in [0.15, 0.2) is 17.4 Å². The van der Waals surface area contributed by atoms with Crippen molar-refractivity contribution in [1.82, 2.24) is 30.2 Å². The minimum absolute atomic E-state index is 0.0958. The first kappa shape index (κ1) is 51.2. The molecule has 4 aromatic rings. The van der Waals surface area contributed by atoms with Gasteiger partial charge in [-0.15, -0.1) is 0 Å². The van der Waals surface area contributed by atoms with E-state index in [-0.39, 0.29) is 59.1 Å². The van der Waals surface area contributed by atoms with Gasteiger partial charge in [0.1, 0.15) is 24.3 Å². The van der Waals surface area contributed by atoms with Gasteiger partial charge in [0.05, 0.1) is 22.7 Å². The summed E-state index contributed by atoms with van der Waals surface area (Å²) in [5.41, 5.74) is 15.7. The molecule has 6 aliphatic rings. The number of anilines is 1. The molecular weight excluding hydrogens is 943 g/mol. The molecular formula is C58H70F2N8O6. The van der Waals surface area contributed by atoms with E-state index in [1.54, 1.807) is 11.8 Å². The van der Waals surface area contributed by atoms with Crippen LogP contribution in [0.15, 0.2) is 72.1 Å². The number of nitrogens with zero attached hydrogens (tertiary/aromatic N) is 5. The monoisotopic (exact) mass is 1010 g/mol. The summed E-state index contributed by atoms with van der Waals surface area (Å²) in [7, 11) is 1.91. The van der Waals surface area contributed by atoms with Crippen molar-refractivity contribution in [2.24, 2.45) is 36.5 Å². The summed E-state index contributed by atoms with van der Waals surface area (Å²) in [6.07, 6.45) is 14.4.